The number of benzene rings is 2. The van der Waals surface area contributed by atoms with E-state index >= 15 is 0 Å². The molecular formula is C18H18FN3O6S. The van der Waals surface area contributed by atoms with E-state index in [2.05, 4.69) is 14.9 Å². The Morgan fingerprint density at radius 1 is 1.00 bits per heavy atom. The average molecular weight is 423 g/mol. The zero-order valence-electron chi connectivity index (χ0n) is 15.8. The maximum Gasteiger partial charge on any atom is 0.242 e. The van der Waals surface area contributed by atoms with Crippen LogP contribution < -0.4 is 18.9 Å². The predicted molar refractivity (Wildman–Crippen MR) is 99.8 cm³/mol. The van der Waals surface area contributed by atoms with E-state index in [-0.39, 0.29) is 28.9 Å². The molecule has 0 aliphatic rings. The van der Waals surface area contributed by atoms with E-state index in [1.54, 1.807) is 18.2 Å². The maximum atomic E-state index is 13.8. The normalized spacial score (nSPS) is 11.3. The number of hydrogen-bond donors (Lipinski definition) is 1. The van der Waals surface area contributed by atoms with E-state index < -0.39 is 15.8 Å². The van der Waals surface area contributed by atoms with E-state index in [1.165, 1.54) is 33.5 Å². The largest absolute Gasteiger partial charge is 0.494 e. The van der Waals surface area contributed by atoms with Crippen molar-refractivity contribution in [2.75, 3.05) is 21.3 Å². The van der Waals surface area contributed by atoms with Crippen LogP contribution >= 0.6 is 0 Å². The number of halogens is 1. The van der Waals surface area contributed by atoms with Crippen LogP contribution in [0, 0.1) is 5.82 Å². The van der Waals surface area contributed by atoms with Gasteiger partial charge in [-0.2, -0.15) is 4.98 Å². The highest BCUT2D eigenvalue weighted by molar-refractivity contribution is 7.89. The summed E-state index contributed by atoms with van der Waals surface area (Å²) in [4.78, 5) is 3.90. The molecule has 0 fully saturated rings. The van der Waals surface area contributed by atoms with E-state index in [1.807, 2.05) is 0 Å². The Kier molecular flexibility index (Phi) is 5.99. The highest BCUT2D eigenvalue weighted by Crippen LogP contribution is 2.31. The topological polar surface area (TPSA) is 113 Å². The van der Waals surface area contributed by atoms with Gasteiger partial charge in [0.15, 0.2) is 23.1 Å². The molecule has 11 heteroatoms. The molecule has 9 nitrogen and oxygen atoms in total. The molecule has 0 atom stereocenters. The van der Waals surface area contributed by atoms with Crippen LogP contribution in [0.5, 0.6) is 17.2 Å². The molecule has 1 aromatic heterocycles. The van der Waals surface area contributed by atoms with Crippen LogP contribution in [0.1, 0.15) is 5.89 Å². The van der Waals surface area contributed by atoms with Crippen molar-refractivity contribution in [2.45, 2.75) is 11.4 Å². The third kappa shape index (κ3) is 4.46. The monoisotopic (exact) mass is 423 g/mol. The third-order valence-electron chi connectivity index (χ3n) is 3.96. The molecule has 0 saturated carbocycles. The summed E-state index contributed by atoms with van der Waals surface area (Å²) in [7, 11) is 0.316. The summed E-state index contributed by atoms with van der Waals surface area (Å²) in [5, 5.41) is 3.83. The summed E-state index contributed by atoms with van der Waals surface area (Å²) < 4.78 is 61.0. The summed E-state index contributed by atoms with van der Waals surface area (Å²) in [6, 6.07) is 8.38. The molecule has 1 N–H and O–H groups in total. The Bertz CT molecular complexity index is 1120. The molecule has 0 aliphatic heterocycles. The Morgan fingerprint density at radius 3 is 2.34 bits per heavy atom. The van der Waals surface area contributed by atoms with Crippen molar-refractivity contribution in [1.29, 1.82) is 0 Å². The van der Waals surface area contributed by atoms with Crippen molar-refractivity contribution in [3.05, 3.63) is 48.1 Å². The van der Waals surface area contributed by atoms with Gasteiger partial charge in [0.1, 0.15) is 0 Å². The first-order chi connectivity index (χ1) is 13.9. The van der Waals surface area contributed by atoms with Crippen LogP contribution in [0.25, 0.3) is 11.4 Å². The molecule has 1 heterocycles. The van der Waals surface area contributed by atoms with E-state index in [9.17, 15) is 12.8 Å². The lowest BCUT2D eigenvalue weighted by molar-refractivity contribution is 0.355. The number of hydrogen-bond acceptors (Lipinski definition) is 8. The summed E-state index contributed by atoms with van der Waals surface area (Å²) in [5.41, 5.74) is 0.595. The van der Waals surface area contributed by atoms with Gasteiger partial charge in [0, 0.05) is 5.56 Å². The lowest BCUT2D eigenvalue weighted by Crippen LogP contribution is -2.23. The van der Waals surface area contributed by atoms with Gasteiger partial charge in [-0.1, -0.05) is 5.16 Å². The van der Waals surface area contributed by atoms with Crippen molar-refractivity contribution in [3.63, 3.8) is 0 Å². The second-order valence-corrected chi connectivity index (χ2v) is 7.47. The fourth-order valence-electron chi connectivity index (χ4n) is 2.47. The molecule has 0 spiro atoms. The molecule has 0 bridgehead atoms. The lowest BCUT2D eigenvalue weighted by atomic mass is 10.2. The number of aromatic nitrogens is 2. The third-order valence-corrected chi connectivity index (χ3v) is 5.36. The Hall–Kier alpha value is -3.18. The van der Waals surface area contributed by atoms with E-state index in [4.69, 9.17) is 18.7 Å². The minimum atomic E-state index is -3.99. The van der Waals surface area contributed by atoms with Crippen molar-refractivity contribution in [1.82, 2.24) is 14.9 Å². The molecular weight excluding hydrogens is 405 g/mol. The summed E-state index contributed by atoms with van der Waals surface area (Å²) in [6.45, 7) is -0.268. The molecule has 3 rings (SSSR count). The number of nitrogens with one attached hydrogen (secondary N) is 1. The highest BCUT2D eigenvalue weighted by atomic mass is 32.2. The van der Waals surface area contributed by atoms with Crippen molar-refractivity contribution in [2.24, 2.45) is 0 Å². The highest BCUT2D eigenvalue weighted by Gasteiger charge is 2.19. The van der Waals surface area contributed by atoms with E-state index in [0.29, 0.717) is 17.1 Å². The minimum Gasteiger partial charge on any atom is -0.494 e. The van der Waals surface area contributed by atoms with Gasteiger partial charge < -0.3 is 18.7 Å². The van der Waals surface area contributed by atoms with Crippen LogP contribution in [0.4, 0.5) is 4.39 Å². The van der Waals surface area contributed by atoms with Crippen LogP contribution in [0.3, 0.4) is 0 Å². The standard InChI is InChI=1S/C18H18FN3O6S/c1-25-14-7-5-12(9-13(14)19)29(23,24)20-10-17-21-18(22-28-17)11-4-6-15(26-2)16(8-11)27-3/h4-9,20H,10H2,1-3H3. The predicted octanol–water partition coefficient (Wildman–Crippen LogP) is 2.38. The van der Waals surface area contributed by atoms with Gasteiger partial charge in [0.05, 0.1) is 32.8 Å². The van der Waals surface area contributed by atoms with Crippen molar-refractivity contribution >= 4 is 10.0 Å². The van der Waals surface area contributed by atoms with Gasteiger partial charge >= 0.3 is 0 Å². The quantitative estimate of drug-likeness (QED) is 0.588. The number of sulfonamides is 1. The average Bonchev–Trinajstić information content (AvgIpc) is 3.21. The van der Waals surface area contributed by atoms with Crippen LogP contribution in [-0.2, 0) is 16.6 Å². The van der Waals surface area contributed by atoms with Gasteiger partial charge in [-0.05, 0) is 36.4 Å². The first kappa shape index (κ1) is 20.6. The molecule has 3 aromatic rings. The van der Waals surface area contributed by atoms with Gasteiger partial charge in [-0.15, -0.1) is 0 Å². The molecule has 154 valence electrons. The smallest absolute Gasteiger partial charge is 0.242 e. The second-order valence-electron chi connectivity index (χ2n) is 5.70. The molecule has 0 aliphatic carbocycles. The number of rotatable bonds is 8. The first-order valence-electron chi connectivity index (χ1n) is 8.26. The minimum absolute atomic E-state index is 0.0346. The maximum absolute atomic E-state index is 13.8. The van der Waals surface area contributed by atoms with Gasteiger partial charge in [-0.3, -0.25) is 0 Å². The Balaban J connectivity index is 1.74. The fourth-order valence-corrected chi connectivity index (χ4v) is 3.46. The summed E-state index contributed by atoms with van der Waals surface area (Å²) >= 11 is 0. The molecule has 0 unspecified atom stereocenters. The zero-order valence-corrected chi connectivity index (χ0v) is 16.6. The van der Waals surface area contributed by atoms with Crippen LogP contribution in [-0.4, -0.2) is 39.9 Å². The fraction of sp³-hybridized carbons (Fsp3) is 0.222. The van der Waals surface area contributed by atoms with Crippen LogP contribution in [0.15, 0.2) is 45.8 Å². The van der Waals surface area contributed by atoms with Crippen LogP contribution in [0.2, 0.25) is 0 Å². The molecule has 29 heavy (non-hydrogen) atoms. The molecule has 0 saturated heterocycles. The van der Waals surface area contributed by atoms with Gasteiger partial charge in [0.25, 0.3) is 0 Å². The number of methoxy groups -OCH3 is 3. The first-order valence-corrected chi connectivity index (χ1v) is 9.74. The van der Waals surface area contributed by atoms with Crippen molar-refractivity contribution < 1.29 is 31.5 Å². The molecule has 2 aromatic carbocycles. The Morgan fingerprint density at radius 2 is 1.69 bits per heavy atom. The lowest BCUT2D eigenvalue weighted by Gasteiger charge is -2.07. The Labute approximate surface area is 166 Å². The zero-order chi connectivity index (χ0) is 21.0. The van der Waals surface area contributed by atoms with Gasteiger partial charge in [-0.25, -0.2) is 17.5 Å². The molecule has 0 radical (unpaired) electrons. The number of ether oxygens (including phenoxy) is 3. The van der Waals surface area contributed by atoms with Gasteiger partial charge in [0.2, 0.25) is 21.7 Å². The SMILES string of the molecule is COc1ccc(S(=O)(=O)NCc2nc(-c3ccc(OC)c(OC)c3)no2)cc1F. The number of nitrogens with zero attached hydrogens (tertiary/aromatic N) is 2. The summed E-state index contributed by atoms with van der Waals surface area (Å²) in [5.74, 6) is 0.463. The van der Waals surface area contributed by atoms with Crippen molar-refractivity contribution in [3.8, 4) is 28.6 Å². The summed E-state index contributed by atoms with van der Waals surface area (Å²) in [6.07, 6.45) is 0. The molecule has 0 amide bonds. The second kappa shape index (κ2) is 8.45. The van der Waals surface area contributed by atoms with E-state index in [0.717, 1.165) is 6.07 Å².